The number of ether oxygens (including phenoxy) is 1. The monoisotopic (exact) mass is 268 g/mol. The van der Waals surface area contributed by atoms with Crippen molar-refractivity contribution in [3.63, 3.8) is 0 Å². The van der Waals surface area contributed by atoms with Crippen molar-refractivity contribution >= 4 is 5.91 Å². The average molecular weight is 268 g/mol. The molecular weight excluding hydrogens is 240 g/mol. The maximum absolute atomic E-state index is 12.6. The zero-order chi connectivity index (χ0) is 13.9. The van der Waals surface area contributed by atoms with E-state index in [9.17, 15) is 4.79 Å². The van der Waals surface area contributed by atoms with E-state index in [0.717, 1.165) is 19.4 Å². The molecule has 0 bridgehead atoms. The molecule has 4 heteroatoms. The Hall–Kier alpha value is -0.610. The lowest BCUT2D eigenvalue weighted by molar-refractivity contribution is -0.146. The summed E-state index contributed by atoms with van der Waals surface area (Å²) in [6.07, 6.45) is 6.73. The van der Waals surface area contributed by atoms with E-state index in [-0.39, 0.29) is 23.5 Å². The third-order valence-electron chi connectivity index (χ3n) is 5.08. The summed E-state index contributed by atoms with van der Waals surface area (Å²) in [4.78, 5) is 14.6. The Bertz CT molecular complexity index is 313. The number of rotatable bonds is 3. The summed E-state index contributed by atoms with van der Waals surface area (Å²) in [7, 11) is 0. The molecule has 0 spiro atoms. The Morgan fingerprint density at radius 1 is 1.32 bits per heavy atom. The van der Waals surface area contributed by atoms with Crippen molar-refractivity contribution in [3.05, 3.63) is 0 Å². The van der Waals surface area contributed by atoms with Gasteiger partial charge in [-0.1, -0.05) is 19.3 Å². The predicted octanol–water partition coefficient (Wildman–Crippen LogP) is 1.92. The number of amides is 1. The first kappa shape index (κ1) is 14.8. The zero-order valence-electron chi connectivity index (χ0n) is 12.4. The van der Waals surface area contributed by atoms with E-state index in [0.29, 0.717) is 19.6 Å². The molecule has 2 N–H and O–H groups in total. The number of carbonyl (C=O) groups excluding carboxylic acids is 1. The van der Waals surface area contributed by atoms with Crippen LogP contribution >= 0.6 is 0 Å². The van der Waals surface area contributed by atoms with Crippen LogP contribution in [0.2, 0.25) is 0 Å². The normalized spacial score (nSPS) is 31.2. The molecule has 1 saturated heterocycles. The van der Waals surface area contributed by atoms with Crippen LogP contribution in [0.3, 0.4) is 0 Å². The minimum Gasteiger partial charge on any atom is -0.375 e. The number of nitrogens with two attached hydrogens (primary N) is 1. The Morgan fingerprint density at radius 2 is 2.00 bits per heavy atom. The van der Waals surface area contributed by atoms with Crippen molar-refractivity contribution in [3.8, 4) is 0 Å². The standard InChI is InChI=1S/C15H28N2O2/c1-12-13(2)19-9-8-17(12)14(18)10-15(11-16)6-4-3-5-7-15/h12-13H,3-11,16H2,1-2H3. The Labute approximate surface area is 116 Å². The molecule has 0 aromatic rings. The number of hydrogen-bond donors (Lipinski definition) is 1. The van der Waals surface area contributed by atoms with Gasteiger partial charge in [0, 0.05) is 13.0 Å². The van der Waals surface area contributed by atoms with Gasteiger partial charge in [0.1, 0.15) is 0 Å². The summed E-state index contributed by atoms with van der Waals surface area (Å²) in [6, 6.07) is 0.180. The fourth-order valence-corrected chi connectivity index (χ4v) is 3.46. The fraction of sp³-hybridized carbons (Fsp3) is 0.933. The van der Waals surface area contributed by atoms with E-state index >= 15 is 0 Å². The van der Waals surface area contributed by atoms with Crippen LogP contribution in [0.4, 0.5) is 0 Å². The molecule has 2 atom stereocenters. The van der Waals surface area contributed by atoms with Crippen LogP contribution in [0.25, 0.3) is 0 Å². The van der Waals surface area contributed by atoms with Gasteiger partial charge in [0.2, 0.25) is 5.91 Å². The molecule has 110 valence electrons. The Kier molecular flexibility index (Phi) is 4.85. The molecule has 2 rings (SSSR count). The van der Waals surface area contributed by atoms with Crippen LogP contribution in [0.1, 0.15) is 52.4 Å². The highest BCUT2D eigenvalue weighted by molar-refractivity contribution is 5.77. The third kappa shape index (κ3) is 3.29. The number of hydrogen-bond acceptors (Lipinski definition) is 3. The van der Waals surface area contributed by atoms with Gasteiger partial charge in [0.05, 0.1) is 18.8 Å². The van der Waals surface area contributed by atoms with Gasteiger partial charge in [-0.3, -0.25) is 4.79 Å². The van der Waals surface area contributed by atoms with Crippen LogP contribution in [0.5, 0.6) is 0 Å². The summed E-state index contributed by atoms with van der Waals surface area (Å²) in [5, 5.41) is 0. The highest BCUT2D eigenvalue weighted by Crippen LogP contribution is 2.39. The number of nitrogens with zero attached hydrogens (tertiary/aromatic N) is 1. The molecule has 1 aliphatic carbocycles. The SMILES string of the molecule is CC1OCCN(C(=O)CC2(CN)CCCCC2)C1C. The lowest BCUT2D eigenvalue weighted by atomic mass is 9.71. The first-order valence-corrected chi connectivity index (χ1v) is 7.69. The van der Waals surface area contributed by atoms with E-state index in [1.165, 1.54) is 19.3 Å². The maximum atomic E-state index is 12.6. The van der Waals surface area contributed by atoms with Crippen LogP contribution in [0.15, 0.2) is 0 Å². The maximum Gasteiger partial charge on any atom is 0.223 e. The smallest absolute Gasteiger partial charge is 0.223 e. The summed E-state index contributed by atoms with van der Waals surface area (Å²) in [5.74, 6) is 0.273. The van der Waals surface area contributed by atoms with Gasteiger partial charge in [0.15, 0.2) is 0 Å². The van der Waals surface area contributed by atoms with Crippen LogP contribution < -0.4 is 5.73 Å². The Balaban J connectivity index is 1.98. The lowest BCUT2D eigenvalue weighted by Crippen LogP contribution is -2.52. The van der Waals surface area contributed by atoms with E-state index < -0.39 is 0 Å². The van der Waals surface area contributed by atoms with Crippen LogP contribution in [0, 0.1) is 5.41 Å². The molecule has 1 heterocycles. The molecule has 1 saturated carbocycles. The van der Waals surface area contributed by atoms with E-state index in [4.69, 9.17) is 10.5 Å². The van der Waals surface area contributed by atoms with Crippen molar-refractivity contribution in [1.29, 1.82) is 0 Å². The molecule has 0 radical (unpaired) electrons. The topological polar surface area (TPSA) is 55.6 Å². The number of carbonyl (C=O) groups is 1. The van der Waals surface area contributed by atoms with Gasteiger partial charge in [0.25, 0.3) is 0 Å². The van der Waals surface area contributed by atoms with Gasteiger partial charge in [-0.25, -0.2) is 0 Å². The summed E-state index contributed by atoms with van der Waals surface area (Å²) in [6.45, 7) is 6.16. The van der Waals surface area contributed by atoms with Crippen LogP contribution in [-0.4, -0.2) is 42.6 Å². The van der Waals surface area contributed by atoms with Crippen molar-refractivity contribution in [2.75, 3.05) is 19.7 Å². The molecule has 2 aliphatic rings. The molecule has 2 unspecified atom stereocenters. The molecule has 4 nitrogen and oxygen atoms in total. The summed E-state index contributed by atoms with van der Waals surface area (Å²) in [5.41, 5.74) is 6.05. The van der Waals surface area contributed by atoms with E-state index in [1.807, 2.05) is 11.8 Å². The van der Waals surface area contributed by atoms with Gasteiger partial charge in [-0.05, 0) is 38.6 Å². The van der Waals surface area contributed by atoms with Gasteiger partial charge in [-0.2, -0.15) is 0 Å². The van der Waals surface area contributed by atoms with Gasteiger partial charge < -0.3 is 15.4 Å². The summed E-state index contributed by atoms with van der Waals surface area (Å²) >= 11 is 0. The highest BCUT2D eigenvalue weighted by atomic mass is 16.5. The van der Waals surface area contributed by atoms with Gasteiger partial charge in [-0.15, -0.1) is 0 Å². The first-order chi connectivity index (χ1) is 9.08. The second-order valence-corrected chi connectivity index (χ2v) is 6.35. The minimum absolute atomic E-state index is 0.0661. The van der Waals surface area contributed by atoms with Crippen molar-refractivity contribution in [1.82, 2.24) is 4.90 Å². The summed E-state index contributed by atoms with van der Waals surface area (Å²) < 4.78 is 5.59. The first-order valence-electron chi connectivity index (χ1n) is 7.69. The van der Waals surface area contributed by atoms with Crippen molar-refractivity contribution in [2.45, 2.75) is 64.5 Å². The van der Waals surface area contributed by atoms with Crippen molar-refractivity contribution < 1.29 is 9.53 Å². The average Bonchev–Trinajstić information content (AvgIpc) is 2.42. The molecule has 0 aromatic heterocycles. The lowest BCUT2D eigenvalue weighted by Gasteiger charge is -2.41. The van der Waals surface area contributed by atoms with Crippen molar-refractivity contribution in [2.24, 2.45) is 11.1 Å². The second-order valence-electron chi connectivity index (χ2n) is 6.35. The largest absolute Gasteiger partial charge is 0.375 e. The Morgan fingerprint density at radius 3 is 2.63 bits per heavy atom. The van der Waals surface area contributed by atoms with Gasteiger partial charge >= 0.3 is 0 Å². The van der Waals surface area contributed by atoms with E-state index in [1.54, 1.807) is 0 Å². The molecular formula is C15H28N2O2. The fourth-order valence-electron chi connectivity index (χ4n) is 3.46. The third-order valence-corrected chi connectivity index (χ3v) is 5.08. The quantitative estimate of drug-likeness (QED) is 0.851. The molecule has 2 fully saturated rings. The molecule has 19 heavy (non-hydrogen) atoms. The van der Waals surface area contributed by atoms with E-state index in [2.05, 4.69) is 6.92 Å². The minimum atomic E-state index is 0.0661. The highest BCUT2D eigenvalue weighted by Gasteiger charge is 2.37. The molecule has 1 amide bonds. The zero-order valence-corrected chi connectivity index (χ0v) is 12.4. The predicted molar refractivity (Wildman–Crippen MR) is 75.8 cm³/mol. The molecule has 1 aliphatic heterocycles. The second kappa shape index (κ2) is 6.23. The molecule has 0 aromatic carbocycles. The number of morpholine rings is 1. The van der Waals surface area contributed by atoms with Crippen LogP contribution in [-0.2, 0) is 9.53 Å².